The molecule has 0 bridgehead atoms. The van der Waals surface area contributed by atoms with Crippen molar-refractivity contribution in [2.75, 3.05) is 0 Å². The van der Waals surface area contributed by atoms with Crippen molar-refractivity contribution < 1.29 is 8.98 Å². The first-order chi connectivity index (χ1) is 15.0. The molecule has 0 atom stereocenters. The zero-order valence-electron chi connectivity index (χ0n) is 18.2. The van der Waals surface area contributed by atoms with Gasteiger partial charge in [0.1, 0.15) is 18.2 Å². The first kappa shape index (κ1) is 19.1. The molecule has 2 aromatic heterocycles. The first-order valence-corrected chi connectivity index (χ1v) is 10.4. The number of fused-ring (bicyclic) bond motifs is 3. The molecule has 0 spiro atoms. The highest BCUT2D eigenvalue weighted by Crippen LogP contribution is 2.41. The Hall–Kier alpha value is -3.90. The molecule has 5 aromatic rings. The quantitative estimate of drug-likeness (QED) is 0.314. The second-order valence-electron chi connectivity index (χ2n) is 8.12. The molecule has 31 heavy (non-hydrogen) atoms. The Morgan fingerprint density at radius 2 is 1.39 bits per heavy atom. The molecule has 0 aliphatic heterocycles. The van der Waals surface area contributed by atoms with Gasteiger partial charge in [-0.1, -0.05) is 42.5 Å². The fourth-order valence-electron chi connectivity index (χ4n) is 4.44. The minimum Gasteiger partial charge on any atom is -0.454 e. The van der Waals surface area contributed by atoms with Crippen LogP contribution in [0.15, 0.2) is 71.1 Å². The van der Waals surface area contributed by atoms with Gasteiger partial charge in [-0.05, 0) is 43.2 Å². The van der Waals surface area contributed by atoms with Gasteiger partial charge in [0, 0.05) is 34.9 Å². The standard InChI is InChI=1S/C28H23N2O/c1-17-11-15-24(30(4)19(17)3)25-18(2)10-13-22-23-14-12-21(16-29)26(28(23)31-27(22)25)20-8-6-5-7-9-20/h5-15H,1-4H3/q+1. The Morgan fingerprint density at radius 1 is 0.742 bits per heavy atom. The average molecular weight is 404 g/mol. The Bertz CT molecular complexity index is 1520. The molecule has 0 amide bonds. The molecule has 0 N–H and O–H groups in total. The maximum Gasteiger partial charge on any atom is 0.216 e. The van der Waals surface area contributed by atoms with E-state index in [1.165, 1.54) is 11.3 Å². The Kier molecular flexibility index (Phi) is 4.38. The van der Waals surface area contributed by atoms with E-state index in [1.54, 1.807) is 0 Å². The third-order valence-corrected chi connectivity index (χ3v) is 6.38. The topological polar surface area (TPSA) is 40.8 Å². The number of pyridine rings is 1. The van der Waals surface area contributed by atoms with Crippen LogP contribution in [0.3, 0.4) is 0 Å². The highest BCUT2D eigenvalue weighted by Gasteiger charge is 2.24. The van der Waals surface area contributed by atoms with Crippen LogP contribution in [0.4, 0.5) is 0 Å². The number of rotatable bonds is 2. The lowest BCUT2D eigenvalue weighted by atomic mass is 9.96. The molecule has 0 aliphatic rings. The number of nitriles is 1. The molecule has 5 rings (SSSR count). The van der Waals surface area contributed by atoms with Crippen LogP contribution in [0, 0.1) is 32.1 Å². The average Bonchev–Trinajstić information content (AvgIpc) is 3.16. The van der Waals surface area contributed by atoms with Gasteiger partial charge in [0.05, 0.1) is 17.2 Å². The number of aryl methyl sites for hydroxylation is 2. The summed E-state index contributed by atoms with van der Waals surface area (Å²) in [4.78, 5) is 0. The third-order valence-electron chi connectivity index (χ3n) is 6.38. The predicted octanol–water partition coefficient (Wildman–Crippen LogP) is 6.54. The zero-order valence-corrected chi connectivity index (χ0v) is 18.2. The van der Waals surface area contributed by atoms with E-state index in [-0.39, 0.29) is 0 Å². The number of benzene rings is 3. The van der Waals surface area contributed by atoms with Gasteiger partial charge in [0.25, 0.3) is 0 Å². The van der Waals surface area contributed by atoms with Gasteiger partial charge in [-0.3, -0.25) is 0 Å². The number of furan rings is 1. The van der Waals surface area contributed by atoms with E-state index in [0.29, 0.717) is 5.56 Å². The van der Waals surface area contributed by atoms with Gasteiger partial charge in [-0.2, -0.15) is 9.83 Å². The van der Waals surface area contributed by atoms with Crippen molar-refractivity contribution in [1.29, 1.82) is 5.26 Å². The fraction of sp³-hybridized carbons (Fsp3) is 0.143. The van der Waals surface area contributed by atoms with Crippen molar-refractivity contribution >= 4 is 21.9 Å². The van der Waals surface area contributed by atoms with Crippen LogP contribution in [0.2, 0.25) is 0 Å². The summed E-state index contributed by atoms with van der Waals surface area (Å²) in [5.74, 6) is 0. The minimum absolute atomic E-state index is 0.618. The van der Waals surface area contributed by atoms with E-state index in [1.807, 2.05) is 42.5 Å². The van der Waals surface area contributed by atoms with Crippen molar-refractivity contribution in [2.24, 2.45) is 7.05 Å². The lowest BCUT2D eigenvalue weighted by Crippen LogP contribution is -2.35. The second-order valence-corrected chi connectivity index (χ2v) is 8.12. The van der Waals surface area contributed by atoms with Crippen molar-refractivity contribution in [3.63, 3.8) is 0 Å². The largest absolute Gasteiger partial charge is 0.454 e. The Labute approximate surface area is 181 Å². The van der Waals surface area contributed by atoms with E-state index >= 15 is 0 Å². The molecule has 0 saturated heterocycles. The molecule has 150 valence electrons. The van der Waals surface area contributed by atoms with Gasteiger partial charge in [0.15, 0.2) is 5.69 Å². The number of aromatic nitrogens is 1. The number of hydrogen-bond acceptors (Lipinski definition) is 2. The van der Waals surface area contributed by atoms with Crippen LogP contribution in [0.25, 0.3) is 44.3 Å². The van der Waals surface area contributed by atoms with Gasteiger partial charge in [0.2, 0.25) is 5.69 Å². The molecule has 0 saturated carbocycles. The molecular weight excluding hydrogens is 380 g/mol. The van der Waals surface area contributed by atoms with Gasteiger partial charge < -0.3 is 4.42 Å². The van der Waals surface area contributed by atoms with Crippen LogP contribution in [0.1, 0.15) is 22.4 Å². The summed E-state index contributed by atoms with van der Waals surface area (Å²) in [6.07, 6.45) is 0. The first-order valence-electron chi connectivity index (χ1n) is 10.4. The zero-order chi connectivity index (χ0) is 21.7. The van der Waals surface area contributed by atoms with E-state index < -0.39 is 0 Å². The van der Waals surface area contributed by atoms with E-state index in [0.717, 1.165) is 49.9 Å². The summed E-state index contributed by atoms with van der Waals surface area (Å²) < 4.78 is 8.83. The van der Waals surface area contributed by atoms with E-state index in [4.69, 9.17) is 4.42 Å². The molecule has 0 unspecified atom stereocenters. The maximum atomic E-state index is 9.79. The van der Waals surface area contributed by atoms with E-state index in [2.05, 4.69) is 62.7 Å². The Balaban J connectivity index is 1.92. The second kappa shape index (κ2) is 7.11. The lowest BCUT2D eigenvalue weighted by molar-refractivity contribution is -0.667. The van der Waals surface area contributed by atoms with Crippen molar-refractivity contribution in [1.82, 2.24) is 0 Å². The predicted molar refractivity (Wildman–Crippen MR) is 125 cm³/mol. The highest BCUT2D eigenvalue weighted by atomic mass is 16.3. The van der Waals surface area contributed by atoms with Crippen LogP contribution in [0.5, 0.6) is 0 Å². The van der Waals surface area contributed by atoms with E-state index in [9.17, 15) is 5.26 Å². The van der Waals surface area contributed by atoms with Crippen molar-refractivity contribution in [2.45, 2.75) is 20.8 Å². The third kappa shape index (κ3) is 2.84. The summed E-state index contributed by atoms with van der Waals surface area (Å²) in [6, 6.07) is 24.9. The van der Waals surface area contributed by atoms with Crippen molar-refractivity contribution in [3.8, 4) is 28.5 Å². The van der Waals surface area contributed by atoms with Crippen LogP contribution >= 0.6 is 0 Å². The van der Waals surface area contributed by atoms with Gasteiger partial charge in [-0.25, -0.2) is 0 Å². The smallest absolute Gasteiger partial charge is 0.216 e. The Morgan fingerprint density at radius 3 is 2.10 bits per heavy atom. The summed E-state index contributed by atoms with van der Waals surface area (Å²) in [5.41, 5.74) is 9.93. The normalized spacial score (nSPS) is 11.2. The highest BCUT2D eigenvalue weighted by molar-refractivity contribution is 6.13. The van der Waals surface area contributed by atoms with Crippen LogP contribution in [-0.4, -0.2) is 0 Å². The van der Waals surface area contributed by atoms with Crippen LogP contribution < -0.4 is 4.57 Å². The molecule has 3 nitrogen and oxygen atoms in total. The lowest BCUT2D eigenvalue weighted by Gasteiger charge is -2.08. The fourth-order valence-corrected chi connectivity index (χ4v) is 4.44. The summed E-state index contributed by atoms with van der Waals surface area (Å²) in [5, 5.41) is 11.9. The molecule has 2 heterocycles. The monoisotopic (exact) mass is 403 g/mol. The van der Waals surface area contributed by atoms with Crippen molar-refractivity contribution in [3.05, 3.63) is 89.1 Å². The summed E-state index contributed by atoms with van der Waals surface area (Å²) >= 11 is 0. The molecule has 0 aliphatic carbocycles. The molecule has 3 aromatic carbocycles. The minimum atomic E-state index is 0.618. The van der Waals surface area contributed by atoms with Gasteiger partial charge in [-0.15, -0.1) is 0 Å². The molecule has 0 radical (unpaired) electrons. The maximum absolute atomic E-state index is 9.79. The SMILES string of the molecule is Cc1ccc2c(oc3c(-c4ccccc4)c(C#N)ccc32)c1-c1ccc(C)c(C)[n+]1C. The summed E-state index contributed by atoms with van der Waals surface area (Å²) in [6.45, 7) is 6.39. The molecule has 3 heteroatoms. The summed E-state index contributed by atoms with van der Waals surface area (Å²) in [7, 11) is 2.10. The molecular formula is C28H23N2O+. The number of nitrogens with zero attached hydrogens (tertiary/aromatic N) is 2. The van der Waals surface area contributed by atoms with Gasteiger partial charge >= 0.3 is 0 Å². The molecule has 0 fully saturated rings. The number of hydrogen-bond donors (Lipinski definition) is 0. The van der Waals surface area contributed by atoms with Crippen LogP contribution in [-0.2, 0) is 7.05 Å².